The van der Waals surface area contributed by atoms with E-state index < -0.39 is 11.6 Å². The summed E-state index contributed by atoms with van der Waals surface area (Å²) in [6.07, 6.45) is 3.94. The number of carbonyl (C=O) groups excluding carboxylic acids is 1. The molecule has 4 rings (SSSR count). The third-order valence-corrected chi connectivity index (χ3v) is 4.87. The van der Waals surface area contributed by atoms with Crippen LogP contribution in [0.4, 0.5) is 13.9 Å². The van der Waals surface area contributed by atoms with E-state index in [1.165, 1.54) is 23.6 Å². The Morgan fingerprint density at radius 3 is 2.81 bits per heavy atom. The molecular formula is C18H15F2N3O2S. The fraction of sp³-hybridized carbons (Fsp3) is 0.278. The van der Waals surface area contributed by atoms with Gasteiger partial charge in [-0.2, -0.15) is 0 Å². The maximum Gasteiger partial charge on any atom is 0.226 e. The predicted octanol–water partition coefficient (Wildman–Crippen LogP) is 4.53. The molecule has 0 saturated heterocycles. The maximum absolute atomic E-state index is 13.8. The standard InChI is InChI=1S/C18H15F2N3O2S/c19-11-2-1-3-12(20)17(11)14-8-21-16(25-14)7-6-15(24)23-18-22-13(9-26-18)10-4-5-10/h1-3,8-10H,4-7H2,(H,22,23,24). The van der Waals surface area contributed by atoms with Crippen molar-refractivity contribution in [2.24, 2.45) is 0 Å². The van der Waals surface area contributed by atoms with Crippen LogP contribution in [0.15, 0.2) is 34.2 Å². The zero-order valence-electron chi connectivity index (χ0n) is 13.7. The van der Waals surface area contributed by atoms with Gasteiger partial charge in [0.05, 0.1) is 17.5 Å². The van der Waals surface area contributed by atoms with Gasteiger partial charge in [-0.15, -0.1) is 11.3 Å². The second-order valence-corrected chi connectivity index (χ2v) is 6.97. The minimum absolute atomic E-state index is 0.00464. The van der Waals surface area contributed by atoms with Crippen LogP contribution >= 0.6 is 11.3 Å². The highest BCUT2D eigenvalue weighted by Gasteiger charge is 2.26. The molecule has 0 unspecified atom stereocenters. The van der Waals surface area contributed by atoms with E-state index in [1.54, 1.807) is 0 Å². The van der Waals surface area contributed by atoms with Gasteiger partial charge in [0, 0.05) is 24.1 Å². The van der Waals surface area contributed by atoms with E-state index in [9.17, 15) is 13.6 Å². The van der Waals surface area contributed by atoms with E-state index in [-0.39, 0.29) is 36.0 Å². The zero-order valence-corrected chi connectivity index (χ0v) is 14.5. The lowest BCUT2D eigenvalue weighted by Crippen LogP contribution is -2.12. The third-order valence-electron chi connectivity index (χ3n) is 4.09. The molecule has 0 bridgehead atoms. The van der Waals surface area contributed by atoms with Crippen molar-refractivity contribution in [1.29, 1.82) is 0 Å². The van der Waals surface area contributed by atoms with Crippen molar-refractivity contribution in [1.82, 2.24) is 9.97 Å². The highest BCUT2D eigenvalue weighted by atomic mass is 32.1. The summed E-state index contributed by atoms with van der Waals surface area (Å²) in [4.78, 5) is 20.4. The fourth-order valence-electron chi connectivity index (χ4n) is 2.59. The van der Waals surface area contributed by atoms with E-state index >= 15 is 0 Å². The normalized spacial score (nSPS) is 13.8. The zero-order chi connectivity index (χ0) is 18.1. The molecule has 3 aromatic rings. The molecule has 1 aliphatic rings. The van der Waals surface area contributed by atoms with Crippen molar-refractivity contribution in [3.05, 3.63) is 53.0 Å². The van der Waals surface area contributed by atoms with Gasteiger partial charge in [0.25, 0.3) is 0 Å². The molecule has 1 N–H and O–H groups in total. The third kappa shape index (κ3) is 3.65. The molecule has 0 radical (unpaired) electrons. The summed E-state index contributed by atoms with van der Waals surface area (Å²) in [7, 11) is 0. The van der Waals surface area contributed by atoms with Gasteiger partial charge in [-0.25, -0.2) is 18.7 Å². The summed E-state index contributed by atoms with van der Waals surface area (Å²) in [6.45, 7) is 0. The number of thiazole rings is 1. The first-order chi connectivity index (χ1) is 12.6. The Labute approximate surface area is 152 Å². The first-order valence-electron chi connectivity index (χ1n) is 8.24. The Hall–Kier alpha value is -2.61. The summed E-state index contributed by atoms with van der Waals surface area (Å²) in [5.74, 6) is -0.859. The molecule has 26 heavy (non-hydrogen) atoms. The van der Waals surface area contributed by atoms with Gasteiger partial charge in [-0.3, -0.25) is 4.79 Å². The first kappa shape index (κ1) is 16.8. The van der Waals surface area contributed by atoms with Gasteiger partial charge in [0.2, 0.25) is 5.91 Å². The van der Waals surface area contributed by atoms with E-state index in [0.29, 0.717) is 11.0 Å². The van der Waals surface area contributed by atoms with Gasteiger partial charge in [-0.05, 0) is 25.0 Å². The topological polar surface area (TPSA) is 68.0 Å². The molecule has 0 aliphatic heterocycles. The average Bonchev–Trinajstić information content (AvgIpc) is 3.18. The number of aromatic nitrogens is 2. The molecule has 2 heterocycles. The van der Waals surface area contributed by atoms with Crippen LogP contribution in [0.2, 0.25) is 0 Å². The van der Waals surface area contributed by atoms with Crippen molar-refractivity contribution in [2.45, 2.75) is 31.6 Å². The minimum atomic E-state index is -0.722. The van der Waals surface area contributed by atoms with Crippen LogP contribution in [0, 0.1) is 11.6 Å². The largest absolute Gasteiger partial charge is 0.441 e. The molecule has 0 atom stereocenters. The van der Waals surface area contributed by atoms with E-state index in [0.717, 1.165) is 30.7 Å². The average molecular weight is 375 g/mol. The Balaban J connectivity index is 1.36. The summed E-state index contributed by atoms with van der Waals surface area (Å²) < 4.78 is 32.9. The first-order valence-corrected chi connectivity index (χ1v) is 9.12. The van der Waals surface area contributed by atoms with Crippen LogP contribution < -0.4 is 5.32 Å². The lowest BCUT2D eigenvalue weighted by Gasteiger charge is -2.01. The highest BCUT2D eigenvalue weighted by Crippen LogP contribution is 2.40. The number of nitrogens with one attached hydrogen (secondary N) is 1. The number of oxazole rings is 1. The molecular weight excluding hydrogens is 360 g/mol. The smallest absolute Gasteiger partial charge is 0.226 e. The number of halogens is 2. The predicted molar refractivity (Wildman–Crippen MR) is 92.9 cm³/mol. The molecule has 134 valence electrons. The van der Waals surface area contributed by atoms with E-state index in [4.69, 9.17) is 4.42 Å². The second-order valence-electron chi connectivity index (χ2n) is 6.11. The van der Waals surface area contributed by atoms with Crippen LogP contribution in [-0.2, 0) is 11.2 Å². The molecule has 0 spiro atoms. The number of amides is 1. The van der Waals surface area contributed by atoms with Crippen LogP contribution in [-0.4, -0.2) is 15.9 Å². The Bertz CT molecular complexity index is 929. The second kappa shape index (κ2) is 6.95. The number of hydrogen-bond donors (Lipinski definition) is 1. The summed E-state index contributed by atoms with van der Waals surface area (Å²) in [5.41, 5.74) is 0.778. The van der Waals surface area contributed by atoms with E-state index in [2.05, 4.69) is 15.3 Å². The molecule has 1 amide bonds. The van der Waals surface area contributed by atoms with Crippen LogP contribution in [0.25, 0.3) is 11.3 Å². The number of carbonyl (C=O) groups is 1. The molecule has 5 nitrogen and oxygen atoms in total. The van der Waals surface area contributed by atoms with Crippen molar-refractivity contribution < 1.29 is 18.0 Å². The Kier molecular flexibility index (Phi) is 4.50. The number of anilines is 1. The quantitative estimate of drug-likeness (QED) is 0.688. The molecule has 2 aromatic heterocycles. The maximum atomic E-state index is 13.8. The lowest BCUT2D eigenvalue weighted by molar-refractivity contribution is -0.116. The lowest BCUT2D eigenvalue weighted by atomic mass is 10.1. The highest BCUT2D eigenvalue weighted by molar-refractivity contribution is 7.13. The number of benzene rings is 1. The van der Waals surface area contributed by atoms with Crippen molar-refractivity contribution in [3.63, 3.8) is 0 Å². The number of hydrogen-bond acceptors (Lipinski definition) is 5. The number of aryl methyl sites for hydroxylation is 1. The summed E-state index contributed by atoms with van der Waals surface area (Å²) in [5, 5.41) is 5.30. The molecule has 1 fully saturated rings. The Morgan fingerprint density at radius 1 is 1.31 bits per heavy atom. The molecule has 1 saturated carbocycles. The van der Waals surface area contributed by atoms with Gasteiger partial charge >= 0.3 is 0 Å². The van der Waals surface area contributed by atoms with Crippen molar-refractivity contribution >= 4 is 22.4 Å². The minimum Gasteiger partial charge on any atom is -0.441 e. The summed E-state index contributed by atoms with van der Waals surface area (Å²) in [6, 6.07) is 3.58. The number of rotatable bonds is 6. The van der Waals surface area contributed by atoms with Gasteiger partial charge in [-0.1, -0.05) is 6.07 Å². The van der Waals surface area contributed by atoms with Gasteiger partial charge < -0.3 is 9.73 Å². The van der Waals surface area contributed by atoms with Crippen molar-refractivity contribution in [2.75, 3.05) is 5.32 Å². The van der Waals surface area contributed by atoms with Gasteiger partial charge in [0.1, 0.15) is 11.6 Å². The fourth-order valence-corrected chi connectivity index (χ4v) is 3.40. The molecule has 1 aliphatic carbocycles. The number of nitrogens with zero attached hydrogens (tertiary/aromatic N) is 2. The van der Waals surface area contributed by atoms with Gasteiger partial charge in [0.15, 0.2) is 16.8 Å². The SMILES string of the molecule is O=C(CCc1ncc(-c2c(F)cccc2F)o1)Nc1nc(C2CC2)cs1. The van der Waals surface area contributed by atoms with Crippen LogP contribution in [0.3, 0.4) is 0 Å². The van der Waals surface area contributed by atoms with Crippen LogP contribution in [0.1, 0.15) is 36.8 Å². The van der Waals surface area contributed by atoms with Crippen LogP contribution in [0.5, 0.6) is 0 Å². The molecule has 8 heteroatoms. The van der Waals surface area contributed by atoms with E-state index in [1.807, 2.05) is 5.38 Å². The Morgan fingerprint density at radius 2 is 2.08 bits per heavy atom. The summed E-state index contributed by atoms with van der Waals surface area (Å²) >= 11 is 1.41. The molecule has 1 aromatic carbocycles. The monoisotopic (exact) mass is 375 g/mol. The van der Waals surface area contributed by atoms with Crippen molar-refractivity contribution in [3.8, 4) is 11.3 Å².